The van der Waals surface area contributed by atoms with Crippen molar-refractivity contribution in [3.05, 3.63) is 34.4 Å². The summed E-state index contributed by atoms with van der Waals surface area (Å²) < 4.78 is 24.4. The molecule has 0 amide bonds. The molecule has 0 aliphatic carbocycles. The first kappa shape index (κ1) is 15.7. The molecule has 0 unspecified atom stereocenters. The van der Waals surface area contributed by atoms with Crippen molar-refractivity contribution in [1.29, 1.82) is 0 Å². The third-order valence-electron chi connectivity index (χ3n) is 3.51. The molecule has 3 rings (SSSR count). The average molecular weight is 386 g/mol. The summed E-state index contributed by atoms with van der Waals surface area (Å²) in [5, 5.41) is 12.4. The van der Waals surface area contributed by atoms with Crippen molar-refractivity contribution < 1.29 is 23.6 Å². The summed E-state index contributed by atoms with van der Waals surface area (Å²) in [4.78, 5) is 16.4. The third kappa shape index (κ3) is 3.61. The van der Waals surface area contributed by atoms with Gasteiger partial charge in [-0.3, -0.25) is 0 Å². The van der Waals surface area contributed by atoms with Crippen LogP contribution in [0.4, 0.5) is 10.3 Å². The highest BCUT2D eigenvalue weighted by Gasteiger charge is 2.25. The number of rotatable bonds is 4. The molecule has 23 heavy (non-hydrogen) atoms. The average Bonchev–Trinajstić information content (AvgIpc) is 3.02. The standard InChI is InChI=1S/C14H13BrFN3O4/c15-10-2-1-8(16)7-11(10)22-9-3-5-19(6-4-9)14-17-12(13(20)21)23-18-14/h1-2,7,9H,3-6H2,(H,20,21). The molecule has 0 atom stereocenters. The number of aromatic nitrogens is 2. The fourth-order valence-corrected chi connectivity index (χ4v) is 2.69. The predicted molar refractivity (Wildman–Crippen MR) is 81.2 cm³/mol. The van der Waals surface area contributed by atoms with E-state index in [0.717, 1.165) is 0 Å². The molecule has 0 bridgehead atoms. The van der Waals surface area contributed by atoms with Crippen molar-refractivity contribution in [1.82, 2.24) is 10.1 Å². The zero-order chi connectivity index (χ0) is 16.4. The highest BCUT2D eigenvalue weighted by molar-refractivity contribution is 9.10. The van der Waals surface area contributed by atoms with E-state index >= 15 is 0 Å². The van der Waals surface area contributed by atoms with Gasteiger partial charge in [0.05, 0.1) is 4.47 Å². The lowest BCUT2D eigenvalue weighted by atomic mass is 10.1. The normalized spacial score (nSPS) is 15.7. The van der Waals surface area contributed by atoms with Crippen molar-refractivity contribution in [2.45, 2.75) is 18.9 Å². The summed E-state index contributed by atoms with van der Waals surface area (Å²) in [5.41, 5.74) is 0. The molecule has 1 fully saturated rings. The number of hydrogen-bond acceptors (Lipinski definition) is 6. The van der Waals surface area contributed by atoms with Crippen molar-refractivity contribution >= 4 is 27.8 Å². The first-order chi connectivity index (χ1) is 11.0. The van der Waals surface area contributed by atoms with Crippen molar-refractivity contribution in [2.75, 3.05) is 18.0 Å². The molecule has 2 aromatic rings. The van der Waals surface area contributed by atoms with Crippen LogP contribution in [-0.2, 0) is 0 Å². The van der Waals surface area contributed by atoms with E-state index in [-0.39, 0.29) is 17.9 Å². The van der Waals surface area contributed by atoms with Crippen LogP contribution in [0.3, 0.4) is 0 Å². The summed E-state index contributed by atoms with van der Waals surface area (Å²) >= 11 is 3.33. The highest BCUT2D eigenvalue weighted by atomic mass is 79.9. The van der Waals surface area contributed by atoms with E-state index < -0.39 is 11.9 Å². The SMILES string of the molecule is O=C(O)c1nc(N2CCC(Oc3cc(F)ccc3Br)CC2)no1. The van der Waals surface area contributed by atoms with E-state index in [1.165, 1.54) is 12.1 Å². The number of benzene rings is 1. The van der Waals surface area contributed by atoms with Gasteiger partial charge in [0.2, 0.25) is 0 Å². The Morgan fingerprint density at radius 3 is 2.83 bits per heavy atom. The molecular formula is C14H13BrFN3O4. The number of ether oxygens (including phenoxy) is 1. The number of carboxylic acid groups (broad SMARTS) is 1. The second-order valence-electron chi connectivity index (χ2n) is 5.08. The quantitative estimate of drug-likeness (QED) is 0.864. The second-order valence-corrected chi connectivity index (χ2v) is 5.94. The Labute approximate surface area is 139 Å². The molecular weight excluding hydrogens is 373 g/mol. The van der Waals surface area contributed by atoms with Crippen molar-refractivity contribution in [3.63, 3.8) is 0 Å². The van der Waals surface area contributed by atoms with Gasteiger partial charge in [-0.1, -0.05) is 0 Å². The molecule has 0 radical (unpaired) electrons. The fraction of sp³-hybridized carbons (Fsp3) is 0.357. The largest absolute Gasteiger partial charge is 0.489 e. The monoisotopic (exact) mass is 385 g/mol. The number of carboxylic acids is 1. The first-order valence-corrected chi connectivity index (χ1v) is 7.76. The Balaban J connectivity index is 1.59. The molecule has 1 N–H and O–H groups in total. The van der Waals surface area contributed by atoms with Gasteiger partial charge in [0.25, 0.3) is 5.95 Å². The summed E-state index contributed by atoms with van der Waals surface area (Å²) in [7, 11) is 0. The van der Waals surface area contributed by atoms with E-state index in [0.29, 0.717) is 36.2 Å². The predicted octanol–water partition coefficient (Wildman–Crippen LogP) is 2.72. The lowest BCUT2D eigenvalue weighted by Gasteiger charge is -2.31. The summed E-state index contributed by atoms with van der Waals surface area (Å²) in [6.07, 6.45) is 1.30. The molecule has 1 aliphatic heterocycles. The molecule has 7 nitrogen and oxygen atoms in total. The minimum atomic E-state index is -1.25. The maximum absolute atomic E-state index is 13.3. The molecule has 1 aromatic carbocycles. The van der Waals surface area contributed by atoms with Crippen LogP contribution >= 0.6 is 15.9 Å². The number of halogens is 2. The van der Waals surface area contributed by atoms with E-state index in [9.17, 15) is 9.18 Å². The molecule has 0 saturated carbocycles. The molecule has 2 heterocycles. The highest BCUT2D eigenvalue weighted by Crippen LogP contribution is 2.29. The number of aromatic carboxylic acids is 1. The number of anilines is 1. The zero-order valence-electron chi connectivity index (χ0n) is 11.9. The summed E-state index contributed by atoms with van der Waals surface area (Å²) in [5.74, 6) is -1.31. The summed E-state index contributed by atoms with van der Waals surface area (Å²) in [6.45, 7) is 1.19. The Morgan fingerprint density at radius 1 is 1.43 bits per heavy atom. The minimum Gasteiger partial charge on any atom is -0.489 e. The number of hydrogen-bond donors (Lipinski definition) is 1. The molecule has 1 saturated heterocycles. The van der Waals surface area contributed by atoms with E-state index in [1.54, 1.807) is 6.07 Å². The van der Waals surface area contributed by atoms with Crippen LogP contribution in [-0.4, -0.2) is 40.4 Å². The molecule has 122 valence electrons. The third-order valence-corrected chi connectivity index (χ3v) is 4.17. The number of nitrogens with zero attached hydrogens (tertiary/aromatic N) is 3. The lowest BCUT2D eigenvalue weighted by molar-refractivity contribution is 0.0643. The van der Waals surface area contributed by atoms with Gasteiger partial charge >= 0.3 is 11.9 Å². The maximum Gasteiger partial charge on any atom is 0.394 e. The van der Waals surface area contributed by atoms with Gasteiger partial charge in [-0.2, -0.15) is 4.98 Å². The molecule has 0 spiro atoms. The van der Waals surface area contributed by atoms with Crippen molar-refractivity contribution in [3.8, 4) is 5.75 Å². The Bertz CT molecular complexity index is 716. The van der Waals surface area contributed by atoms with Gasteiger partial charge < -0.3 is 19.3 Å². The zero-order valence-corrected chi connectivity index (χ0v) is 13.5. The van der Waals surface area contributed by atoms with Gasteiger partial charge in [0, 0.05) is 32.0 Å². The van der Waals surface area contributed by atoms with Crippen LogP contribution in [0.1, 0.15) is 23.5 Å². The first-order valence-electron chi connectivity index (χ1n) is 6.96. The van der Waals surface area contributed by atoms with Crippen LogP contribution < -0.4 is 9.64 Å². The molecule has 9 heteroatoms. The molecule has 1 aromatic heterocycles. The number of piperidine rings is 1. The summed E-state index contributed by atoms with van der Waals surface area (Å²) in [6, 6.07) is 4.30. The van der Waals surface area contributed by atoms with Gasteiger partial charge in [-0.05, 0) is 33.2 Å². The lowest BCUT2D eigenvalue weighted by Crippen LogP contribution is -2.38. The second kappa shape index (κ2) is 6.53. The van der Waals surface area contributed by atoms with Crippen LogP contribution in [0.15, 0.2) is 27.2 Å². The van der Waals surface area contributed by atoms with E-state index in [2.05, 4.69) is 30.6 Å². The van der Waals surface area contributed by atoms with E-state index in [4.69, 9.17) is 9.84 Å². The number of carbonyl (C=O) groups is 1. The van der Waals surface area contributed by atoms with Gasteiger partial charge in [0.15, 0.2) is 0 Å². The smallest absolute Gasteiger partial charge is 0.394 e. The Kier molecular flexibility index (Phi) is 4.46. The van der Waals surface area contributed by atoms with Crippen LogP contribution in [0.25, 0.3) is 0 Å². The van der Waals surface area contributed by atoms with Crippen LogP contribution in [0.2, 0.25) is 0 Å². The minimum absolute atomic E-state index is 0.0600. The van der Waals surface area contributed by atoms with Gasteiger partial charge in [-0.15, -0.1) is 0 Å². The molecule has 1 aliphatic rings. The van der Waals surface area contributed by atoms with E-state index in [1.807, 2.05) is 4.90 Å². The topological polar surface area (TPSA) is 88.7 Å². The Morgan fingerprint density at radius 2 is 2.17 bits per heavy atom. The van der Waals surface area contributed by atoms with Gasteiger partial charge in [0.1, 0.15) is 17.7 Å². The van der Waals surface area contributed by atoms with Gasteiger partial charge in [-0.25, -0.2) is 9.18 Å². The van der Waals surface area contributed by atoms with Crippen LogP contribution in [0.5, 0.6) is 5.75 Å². The Hall–Kier alpha value is -2.16. The maximum atomic E-state index is 13.3. The van der Waals surface area contributed by atoms with Crippen molar-refractivity contribution in [2.24, 2.45) is 0 Å². The van der Waals surface area contributed by atoms with Crippen LogP contribution in [0, 0.1) is 5.82 Å². The fourth-order valence-electron chi connectivity index (χ4n) is 2.35.